The molecule has 0 bridgehead atoms. The Hall–Kier alpha value is -0.300. The fraction of sp³-hybridized carbons (Fsp3) is 0.875. The summed E-state index contributed by atoms with van der Waals surface area (Å²) in [6.45, 7) is 6.36. The standard InChI is InChI=1S/C7H14.C7H12.C2H6.H2O/c1-7-5-3-2-4-6-7;1-2-4-6-7-5-3-1;1-2;/h7H,2-6H2,1H3;1-2H,3-7H2;1-2H3;1H2. The highest BCUT2D eigenvalue weighted by molar-refractivity contribution is 4.83. The van der Waals surface area contributed by atoms with E-state index in [1.54, 1.807) is 0 Å². The molecule has 104 valence electrons. The summed E-state index contributed by atoms with van der Waals surface area (Å²) < 4.78 is 0. The maximum absolute atomic E-state index is 2.36. The molecule has 2 aliphatic carbocycles. The lowest BCUT2D eigenvalue weighted by atomic mass is 9.91. The number of hydrogen-bond acceptors (Lipinski definition) is 0. The minimum absolute atomic E-state index is 0. The lowest BCUT2D eigenvalue weighted by Gasteiger charge is -2.15. The smallest absolute Gasteiger partial charge is 0.0351 e. The van der Waals surface area contributed by atoms with Gasteiger partial charge >= 0.3 is 0 Å². The van der Waals surface area contributed by atoms with Gasteiger partial charge in [-0.05, 0) is 31.6 Å². The average Bonchev–Trinajstić information content (AvgIpc) is 2.65. The second-order valence-electron chi connectivity index (χ2n) is 4.85. The van der Waals surface area contributed by atoms with Gasteiger partial charge < -0.3 is 5.48 Å². The number of hydrogen-bond donors (Lipinski definition) is 0. The predicted molar refractivity (Wildman–Crippen MR) is 79.4 cm³/mol. The summed E-state index contributed by atoms with van der Waals surface area (Å²) in [4.78, 5) is 0. The van der Waals surface area contributed by atoms with E-state index >= 15 is 0 Å². The van der Waals surface area contributed by atoms with E-state index in [9.17, 15) is 0 Å². The van der Waals surface area contributed by atoms with Gasteiger partial charge in [0.05, 0.1) is 0 Å². The summed E-state index contributed by atoms with van der Waals surface area (Å²) in [5.41, 5.74) is 0. The Balaban J connectivity index is 0. The topological polar surface area (TPSA) is 31.5 Å². The zero-order valence-corrected chi connectivity index (χ0v) is 12.3. The van der Waals surface area contributed by atoms with E-state index in [0.717, 1.165) is 5.92 Å². The Morgan fingerprint density at radius 2 is 1.12 bits per heavy atom. The van der Waals surface area contributed by atoms with Crippen molar-refractivity contribution >= 4 is 0 Å². The molecule has 2 rings (SSSR count). The molecule has 0 heterocycles. The predicted octanol–water partition coefficient (Wildman–Crippen LogP) is 5.29. The number of rotatable bonds is 0. The zero-order chi connectivity index (χ0) is 12.1. The molecule has 17 heavy (non-hydrogen) atoms. The Labute approximate surface area is 109 Å². The van der Waals surface area contributed by atoms with Crippen LogP contribution in [0.4, 0.5) is 0 Å². The molecule has 1 saturated carbocycles. The first kappa shape index (κ1) is 19.0. The molecule has 0 aromatic rings. The Bertz CT molecular complexity index is 138. The van der Waals surface area contributed by atoms with Gasteiger partial charge in [0.2, 0.25) is 0 Å². The fourth-order valence-corrected chi connectivity index (χ4v) is 2.24. The third kappa shape index (κ3) is 13.6. The largest absolute Gasteiger partial charge is 0.412 e. The highest BCUT2D eigenvalue weighted by atomic mass is 16.0. The first-order chi connectivity index (χ1) is 7.89. The average molecular weight is 242 g/mol. The third-order valence-corrected chi connectivity index (χ3v) is 3.30. The molecule has 1 nitrogen and oxygen atoms in total. The molecule has 2 N–H and O–H groups in total. The molecule has 0 saturated heterocycles. The lowest BCUT2D eigenvalue weighted by Crippen LogP contribution is -1.99. The molecule has 0 atom stereocenters. The second kappa shape index (κ2) is 15.7. The molecule has 0 radical (unpaired) electrons. The van der Waals surface area contributed by atoms with Crippen molar-refractivity contribution in [3.8, 4) is 0 Å². The molecular formula is C16H34O. The lowest BCUT2D eigenvalue weighted by molar-refractivity contribution is 0.385. The van der Waals surface area contributed by atoms with Gasteiger partial charge in [0, 0.05) is 0 Å². The molecule has 2 aliphatic rings. The molecule has 0 amide bonds. The number of allylic oxidation sites excluding steroid dienone is 2. The van der Waals surface area contributed by atoms with E-state index in [-0.39, 0.29) is 5.48 Å². The van der Waals surface area contributed by atoms with Gasteiger partial charge in [-0.15, -0.1) is 0 Å². The molecule has 0 aromatic carbocycles. The summed E-state index contributed by atoms with van der Waals surface area (Å²) in [5, 5.41) is 0. The molecule has 0 aliphatic heterocycles. The first-order valence-electron chi connectivity index (χ1n) is 7.54. The van der Waals surface area contributed by atoms with Crippen LogP contribution in [0.1, 0.15) is 85.0 Å². The van der Waals surface area contributed by atoms with Gasteiger partial charge in [0.15, 0.2) is 0 Å². The van der Waals surface area contributed by atoms with E-state index in [1.807, 2.05) is 13.8 Å². The molecule has 1 heteroatoms. The van der Waals surface area contributed by atoms with Crippen LogP contribution in [0.25, 0.3) is 0 Å². The van der Waals surface area contributed by atoms with Crippen molar-refractivity contribution in [3.05, 3.63) is 12.2 Å². The van der Waals surface area contributed by atoms with Crippen molar-refractivity contribution in [2.45, 2.75) is 85.0 Å². The summed E-state index contributed by atoms with van der Waals surface area (Å²) in [6, 6.07) is 0. The van der Waals surface area contributed by atoms with Crippen molar-refractivity contribution in [1.29, 1.82) is 0 Å². The molecule has 0 spiro atoms. The normalized spacial score (nSPS) is 19.7. The Morgan fingerprint density at radius 3 is 1.47 bits per heavy atom. The minimum Gasteiger partial charge on any atom is -0.412 e. The van der Waals surface area contributed by atoms with Gasteiger partial charge in [0.25, 0.3) is 0 Å². The third-order valence-electron chi connectivity index (χ3n) is 3.30. The first-order valence-corrected chi connectivity index (χ1v) is 7.54. The van der Waals surface area contributed by atoms with Crippen LogP contribution in [0.3, 0.4) is 0 Å². The minimum atomic E-state index is 0. The summed E-state index contributed by atoms with van der Waals surface area (Å²) in [6.07, 6.45) is 18.9. The highest BCUT2D eigenvalue weighted by Gasteiger charge is 2.05. The summed E-state index contributed by atoms with van der Waals surface area (Å²) in [7, 11) is 0. The highest BCUT2D eigenvalue weighted by Crippen LogP contribution is 2.22. The van der Waals surface area contributed by atoms with Crippen molar-refractivity contribution in [2.24, 2.45) is 5.92 Å². The van der Waals surface area contributed by atoms with Crippen LogP contribution in [0.5, 0.6) is 0 Å². The fourth-order valence-electron chi connectivity index (χ4n) is 2.24. The van der Waals surface area contributed by atoms with E-state index in [1.165, 1.54) is 64.2 Å². The van der Waals surface area contributed by atoms with Gasteiger partial charge in [-0.1, -0.05) is 71.4 Å². The van der Waals surface area contributed by atoms with Crippen molar-refractivity contribution in [2.75, 3.05) is 0 Å². The Kier molecular flexibility index (Phi) is 17.6. The van der Waals surface area contributed by atoms with Crippen molar-refractivity contribution in [3.63, 3.8) is 0 Å². The second-order valence-corrected chi connectivity index (χ2v) is 4.85. The van der Waals surface area contributed by atoms with E-state index < -0.39 is 0 Å². The van der Waals surface area contributed by atoms with E-state index in [0.29, 0.717) is 0 Å². The Morgan fingerprint density at radius 1 is 0.706 bits per heavy atom. The summed E-state index contributed by atoms with van der Waals surface area (Å²) >= 11 is 0. The van der Waals surface area contributed by atoms with Crippen LogP contribution in [0.2, 0.25) is 0 Å². The molecular weight excluding hydrogens is 208 g/mol. The summed E-state index contributed by atoms with van der Waals surface area (Å²) in [5.74, 6) is 1.04. The molecule has 1 fully saturated rings. The van der Waals surface area contributed by atoms with E-state index in [4.69, 9.17) is 0 Å². The quantitative estimate of drug-likeness (QED) is 0.517. The molecule has 0 aromatic heterocycles. The van der Waals surface area contributed by atoms with Gasteiger partial charge in [0.1, 0.15) is 0 Å². The monoisotopic (exact) mass is 242 g/mol. The SMILES string of the molecule is C1=CCCCCC1.CC.CC1CCCCC1.O. The maximum atomic E-state index is 2.36. The van der Waals surface area contributed by atoms with Crippen LogP contribution in [-0.2, 0) is 0 Å². The van der Waals surface area contributed by atoms with Crippen LogP contribution in [0.15, 0.2) is 12.2 Å². The van der Waals surface area contributed by atoms with E-state index in [2.05, 4.69) is 19.1 Å². The molecule has 0 unspecified atom stereocenters. The van der Waals surface area contributed by atoms with Gasteiger partial charge in [-0.2, -0.15) is 0 Å². The van der Waals surface area contributed by atoms with Gasteiger partial charge in [-0.3, -0.25) is 0 Å². The van der Waals surface area contributed by atoms with Crippen LogP contribution >= 0.6 is 0 Å². The van der Waals surface area contributed by atoms with Crippen molar-refractivity contribution in [1.82, 2.24) is 0 Å². The zero-order valence-electron chi connectivity index (χ0n) is 12.3. The maximum Gasteiger partial charge on any atom is -0.0351 e. The van der Waals surface area contributed by atoms with Crippen LogP contribution < -0.4 is 0 Å². The van der Waals surface area contributed by atoms with Crippen LogP contribution in [-0.4, -0.2) is 5.48 Å². The van der Waals surface area contributed by atoms with Gasteiger partial charge in [-0.25, -0.2) is 0 Å². The van der Waals surface area contributed by atoms with Crippen LogP contribution in [0, 0.1) is 5.92 Å². The van der Waals surface area contributed by atoms with Crippen molar-refractivity contribution < 1.29 is 5.48 Å².